The number of carbonyl (C=O) groups is 2. The quantitative estimate of drug-likeness (QED) is 0.850. The summed E-state index contributed by atoms with van der Waals surface area (Å²) in [5, 5.41) is 5.60. The van der Waals surface area contributed by atoms with E-state index in [1.807, 2.05) is 32.7 Å². The number of hydrogen-bond acceptors (Lipinski definition) is 3. The van der Waals surface area contributed by atoms with Gasteiger partial charge in [-0.2, -0.15) is 0 Å². The molecule has 0 saturated carbocycles. The number of carbonyl (C=O) groups excluding carboxylic acids is 2. The van der Waals surface area contributed by atoms with Gasteiger partial charge in [-0.1, -0.05) is 18.2 Å². The molecule has 2 N–H and O–H groups in total. The molecule has 132 valence electrons. The van der Waals surface area contributed by atoms with Gasteiger partial charge in [0.1, 0.15) is 0 Å². The second-order valence-electron chi connectivity index (χ2n) is 6.13. The van der Waals surface area contributed by atoms with Gasteiger partial charge in [0.05, 0.1) is 6.54 Å². The average Bonchev–Trinajstić information content (AvgIpc) is 2.57. The predicted molar refractivity (Wildman–Crippen MR) is 102 cm³/mol. The third kappa shape index (κ3) is 5.08. The SMILES string of the molecule is CCNC(=O)c1cccc(NC(=O)CN(C)c2cc(C)ccc2C)c1. The zero-order valence-corrected chi connectivity index (χ0v) is 15.2. The molecule has 0 radical (unpaired) electrons. The van der Waals surface area contributed by atoms with E-state index in [-0.39, 0.29) is 18.4 Å². The van der Waals surface area contributed by atoms with E-state index in [1.54, 1.807) is 24.3 Å². The van der Waals surface area contributed by atoms with Crippen molar-refractivity contribution < 1.29 is 9.59 Å². The minimum absolute atomic E-state index is 0.128. The van der Waals surface area contributed by atoms with E-state index in [1.165, 1.54) is 0 Å². The molecule has 2 aromatic carbocycles. The van der Waals surface area contributed by atoms with Gasteiger partial charge in [-0.25, -0.2) is 0 Å². The maximum absolute atomic E-state index is 12.3. The van der Waals surface area contributed by atoms with Crippen LogP contribution in [0.15, 0.2) is 42.5 Å². The molecule has 0 aliphatic heterocycles. The Morgan fingerprint density at radius 3 is 2.56 bits per heavy atom. The summed E-state index contributed by atoms with van der Waals surface area (Å²) in [6.07, 6.45) is 0. The molecule has 0 aliphatic carbocycles. The Labute approximate surface area is 149 Å². The van der Waals surface area contributed by atoms with Crippen molar-refractivity contribution in [2.24, 2.45) is 0 Å². The molecule has 0 aliphatic rings. The minimum Gasteiger partial charge on any atom is -0.365 e. The van der Waals surface area contributed by atoms with Crippen LogP contribution >= 0.6 is 0 Å². The van der Waals surface area contributed by atoms with E-state index in [0.717, 1.165) is 16.8 Å². The van der Waals surface area contributed by atoms with Gasteiger partial charge >= 0.3 is 0 Å². The van der Waals surface area contributed by atoms with Crippen LogP contribution in [-0.4, -0.2) is 32.0 Å². The number of nitrogens with zero attached hydrogens (tertiary/aromatic N) is 1. The van der Waals surface area contributed by atoms with Crippen LogP contribution < -0.4 is 15.5 Å². The second-order valence-corrected chi connectivity index (χ2v) is 6.13. The number of anilines is 2. The van der Waals surface area contributed by atoms with Crippen molar-refractivity contribution in [3.8, 4) is 0 Å². The second kappa shape index (κ2) is 8.33. The summed E-state index contributed by atoms with van der Waals surface area (Å²) in [5.74, 6) is -0.275. The molecular weight excluding hydrogens is 314 g/mol. The van der Waals surface area contributed by atoms with Gasteiger partial charge in [-0.3, -0.25) is 9.59 Å². The van der Waals surface area contributed by atoms with E-state index in [9.17, 15) is 9.59 Å². The first kappa shape index (κ1) is 18.5. The van der Waals surface area contributed by atoms with E-state index in [2.05, 4.69) is 28.8 Å². The molecule has 2 aromatic rings. The van der Waals surface area contributed by atoms with Crippen molar-refractivity contribution >= 4 is 23.2 Å². The highest BCUT2D eigenvalue weighted by Gasteiger charge is 2.11. The highest BCUT2D eigenvalue weighted by molar-refractivity contribution is 5.98. The van der Waals surface area contributed by atoms with Gasteiger partial charge in [-0.05, 0) is 56.2 Å². The fourth-order valence-corrected chi connectivity index (χ4v) is 2.63. The van der Waals surface area contributed by atoms with E-state index < -0.39 is 0 Å². The Hall–Kier alpha value is -2.82. The van der Waals surface area contributed by atoms with Gasteiger partial charge in [-0.15, -0.1) is 0 Å². The van der Waals surface area contributed by atoms with Gasteiger partial charge in [0.25, 0.3) is 5.91 Å². The van der Waals surface area contributed by atoms with Crippen molar-refractivity contribution in [3.05, 3.63) is 59.2 Å². The summed E-state index contributed by atoms with van der Waals surface area (Å²) in [4.78, 5) is 26.2. The van der Waals surface area contributed by atoms with Crippen LogP contribution in [0, 0.1) is 13.8 Å². The van der Waals surface area contributed by atoms with Crippen molar-refractivity contribution in [3.63, 3.8) is 0 Å². The summed E-state index contributed by atoms with van der Waals surface area (Å²) in [7, 11) is 1.90. The number of rotatable bonds is 6. The largest absolute Gasteiger partial charge is 0.365 e. The molecule has 5 heteroatoms. The molecule has 25 heavy (non-hydrogen) atoms. The highest BCUT2D eigenvalue weighted by Crippen LogP contribution is 2.20. The van der Waals surface area contributed by atoms with Crippen LogP contribution in [0.4, 0.5) is 11.4 Å². The lowest BCUT2D eigenvalue weighted by molar-refractivity contribution is -0.114. The Morgan fingerprint density at radius 1 is 1.08 bits per heavy atom. The zero-order valence-electron chi connectivity index (χ0n) is 15.2. The number of amides is 2. The van der Waals surface area contributed by atoms with Crippen molar-refractivity contribution in [2.75, 3.05) is 30.4 Å². The van der Waals surface area contributed by atoms with Crippen LogP contribution in [0.2, 0.25) is 0 Å². The number of likely N-dealkylation sites (N-methyl/N-ethyl adjacent to an activating group) is 1. The lowest BCUT2D eigenvalue weighted by Gasteiger charge is -2.21. The molecule has 2 rings (SSSR count). The van der Waals surface area contributed by atoms with Crippen molar-refractivity contribution in [2.45, 2.75) is 20.8 Å². The third-order valence-corrected chi connectivity index (χ3v) is 3.90. The summed E-state index contributed by atoms with van der Waals surface area (Å²) in [5.41, 5.74) is 4.46. The molecule has 0 bridgehead atoms. The summed E-state index contributed by atoms with van der Waals surface area (Å²) in [6, 6.07) is 13.1. The summed E-state index contributed by atoms with van der Waals surface area (Å²) < 4.78 is 0. The number of benzene rings is 2. The van der Waals surface area contributed by atoms with Gasteiger partial charge in [0, 0.05) is 30.5 Å². The van der Waals surface area contributed by atoms with Crippen molar-refractivity contribution in [1.82, 2.24) is 5.32 Å². The number of nitrogens with one attached hydrogen (secondary N) is 2. The normalized spacial score (nSPS) is 10.2. The summed E-state index contributed by atoms with van der Waals surface area (Å²) in [6.45, 7) is 6.72. The predicted octanol–water partition coefficient (Wildman–Crippen LogP) is 3.13. The first-order valence-corrected chi connectivity index (χ1v) is 8.37. The van der Waals surface area contributed by atoms with Gasteiger partial charge < -0.3 is 15.5 Å². The van der Waals surface area contributed by atoms with Gasteiger partial charge in [0.2, 0.25) is 5.91 Å². The molecule has 5 nitrogen and oxygen atoms in total. The molecule has 0 saturated heterocycles. The number of hydrogen-bond donors (Lipinski definition) is 2. The van der Waals surface area contributed by atoms with E-state index in [4.69, 9.17) is 0 Å². The fraction of sp³-hybridized carbons (Fsp3) is 0.300. The molecule has 0 atom stereocenters. The molecule has 0 heterocycles. The Kier molecular flexibility index (Phi) is 6.17. The van der Waals surface area contributed by atoms with E-state index >= 15 is 0 Å². The Morgan fingerprint density at radius 2 is 1.84 bits per heavy atom. The molecule has 0 aromatic heterocycles. The Bertz CT molecular complexity index is 771. The number of aryl methyl sites for hydroxylation is 2. The molecule has 0 fully saturated rings. The maximum Gasteiger partial charge on any atom is 0.251 e. The van der Waals surface area contributed by atoms with E-state index in [0.29, 0.717) is 17.8 Å². The monoisotopic (exact) mass is 339 g/mol. The molecule has 0 unspecified atom stereocenters. The lowest BCUT2D eigenvalue weighted by Crippen LogP contribution is -2.30. The summed E-state index contributed by atoms with van der Waals surface area (Å²) >= 11 is 0. The average molecular weight is 339 g/mol. The zero-order chi connectivity index (χ0) is 18.4. The van der Waals surface area contributed by atoms with Crippen LogP contribution in [0.25, 0.3) is 0 Å². The van der Waals surface area contributed by atoms with Gasteiger partial charge in [0.15, 0.2) is 0 Å². The highest BCUT2D eigenvalue weighted by atomic mass is 16.2. The van der Waals surface area contributed by atoms with Crippen molar-refractivity contribution in [1.29, 1.82) is 0 Å². The fourth-order valence-electron chi connectivity index (χ4n) is 2.63. The first-order chi connectivity index (χ1) is 11.9. The smallest absolute Gasteiger partial charge is 0.251 e. The van der Waals surface area contributed by atoms with Crippen LogP contribution in [0.3, 0.4) is 0 Å². The molecule has 2 amide bonds. The topological polar surface area (TPSA) is 61.4 Å². The standard InChI is InChI=1S/C20H25N3O2/c1-5-21-20(25)16-7-6-8-17(12-16)22-19(24)13-23(4)18-11-14(2)9-10-15(18)3/h6-12H,5,13H2,1-4H3,(H,21,25)(H,22,24). The molecule has 0 spiro atoms. The van der Waals surface area contributed by atoms with Crippen LogP contribution in [0.1, 0.15) is 28.4 Å². The van der Waals surface area contributed by atoms with Crippen LogP contribution in [-0.2, 0) is 4.79 Å². The minimum atomic E-state index is -0.147. The Balaban J connectivity index is 2.03. The lowest BCUT2D eigenvalue weighted by atomic mass is 10.1. The third-order valence-electron chi connectivity index (χ3n) is 3.90. The first-order valence-electron chi connectivity index (χ1n) is 8.37. The molecular formula is C20H25N3O2. The van der Waals surface area contributed by atoms with Crippen LogP contribution in [0.5, 0.6) is 0 Å². The maximum atomic E-state index is 12.3.